The van der Waals surface area contributed by atoms with E-state index in [-0.39, 0.29) is 38.5 Å². The number of aromatic carboxylic acids is 2. The van der Waals surface area contributed by atoms with E-state index in [2.05, 4.69) is 0 Å². The number of carbonyl (C=O) groups is 2. The quantitative estimate of drug-likeness (QED) is 0.351. The Morgan fingerprint density at radius 3 is 2.57 bits per heavy atom. The van der Waals surface area contributed by atoms with E-state index >= 15 is 0 Å². The molecule has 0 atom stereocenters. The molecule has 1 aliphatic rings. The molecule has 142 valence electrons. The first kappa shape index (κ1) is 18.0. The average molecular weight is 403 g/mol. The van der Waals surface area contributed by atoms with Gasteiger partial charge < -0.3 is 24.6 Å². The summed E-state index contributed by atoms with van der Waals surface area (Å²) in [6, 6.07) is 4.82. The number of hydrogen-bond acceptors (Lipinski definition) is 6. The van der Waals surface area contributed by atoms with Crippen LogP contribution in [0.3, 0.4) is 0 Å². The lowest BCUT2D eigenvalue weighted by atomic mass is 10.1. The molecule has 0 aliphatic carbocycles. The Kier molecular flexibility index (Phi) is 4.09. The van der Waals surface area contributed by atoms with Crippen LogP contribution in [0.2, 0.25) is 0 Å². The zero-order valence-electron chi connectivity index (χ0n) is 13.8. The van der Waals surface area contributed by atoms with E-state index < -0.39 is 34.7 Å². The van der Waals surface area contributed by atoms with Crippen LogP contribution >= 0.6 is 11.8 Å². The van der Waals surface area contributed by atoms with Crippen molar-refractivity contribution < 1.29 is 34.0 Å². The molecule has 2 heterocycles. The second kappa shape index (κ2) is 6.36. The molecule has 3 N–H and O–H groups in total. The molecular weight excluding hydrogens is 393 g/mol. The SMILES string of the molecule is O=C(O)c1ccc2c(c1)Oc1c(SCO)c(F)cc3c(=O)c(C(=O)O)cn-2c13. The number of halogens is 1. The molecule has 0 spiro atoms. The summed E-state index contributed by atoms with van der Waals surface area (Å²) in [7, 11) is 0. The number of aliphatic hydroxyl groups excluding tert-OH is 1. The summed E-state index contributed by atoms with van der Waals surface area (Å²) in [6.45, 7) is 0. The fourth-order valence-electron chi connectivity index (χ4n) is 3.08. The Hall–Kier alpha value is -3.37. The van der Waals surface area contributed by atoms with Crippen molar-refractivity contribution in [1.29, 1.82) is 0 Å². The Labute approximate surface area is 159 Å². The van der Waals surface area contributed by atoms with E-state index in [0.717, 1.165) is 24.0 Å². The number of carboxylic acids is 2. The van der Waals surface area contributed by atoms with Gasteiger partial charge in [0.2, 0.25) is 5.43 Å². The highest BCUT2D eigenvalue weighted by molar-refractivity contribution is 7.99. The second-order valence-electron chi connectivity index (χ2n) is 5.82. The molecule has 0 unspecified atom stereocenters. The van der Waals surface area contributed by atoms with Crippen LogP contribution in [0.5, 0.6) is 11.5 Å². The molecule has 3 aromatic rings. The number of nitrogens with zero attached hydrogens (tertiary/aromatic N) is 1. The lowest BCUT2D eigenvalue weighted by Crippen LogP contribution is -2.21. The monoisotopic (exact) mass is 403 g/mol. The van der Waals surface area contributed by atoms with Crippen molar-refractivity contribution in [2.45, 2.75) is 4.90 Å². The van der Waals surface area contributed by atoms with E-state index in [1.165, 1.54) is 22.8 Å². The molecular formula is C18H10FNO7S. The van der Waals surface area contributed by atoms with Gasteiger partial charge in [0, 0.05) is 6.20 Å². The Morgan fingerprint density at radius 1 is 1.18 bits per heavy atom. The molecule has 0 saturated carbocycles. The third kappa shape index (κ3) is 2.53. The predicted octanol–water partition coefficient (Wildman–Crippen LogP) is 2.67. The van der Waals surface area contributed by atoms with Gasteiger partial charge in [-0.2, -0.15) is 0 Å². The lowest BCUT2D eigenvalue weighted by Gasteiger charge is -2.25. The molecule has 1 aromatic heterocycles. The molecule has 0 amide bonds. The number of aromatic nitrogens is 1. The van der Waals surface area contributed by atoms with Crippen molar-refractivity contribution in [3.63, 3.8) is 0 Å². The Bertz CT molecular complexity index is 1250. The molecule has 4 rings (SSSR count). The molecule has 8 nitrogen and oxygen atoms in total. The molecule has 0 radical (unpaired) electrons. The van der Waals surface area contributed by atoms with Crippen LogP contribution in [0.15, 0.2) is 40.2 Å². The van der Waals surface area contributed by atoms with Crippen LogP contribution in [0.4, 0.5) is 4.39 Å². The maximum absolute atomic E-state index is 14.6. The highest BCUT2D eigenvalue weighted by atomic mass is 32.2. The normalized spacial score (nSPS) is 11.8. The topological polar surface area (TPSA) is 126 Å². The second-order valence-corrected chi connectivity index (χ2v) is 6.78. The first-order valence-corrected chi connectivity index (χ1v) is 8.76. The number of thioether (sulfide) groups is 1. The zero-order valence-corrected chi connectivity index (χ0v) is 14.6. The molecule has 2 aromatic carbocycles. The average Bonchev–Trinajstić information content (AvgIpc) is 2.65. The third-order valence-electron chi connectivity index (χ3n) is 4.27. The maximum Gasteiger partial charge on any atom is 0.341 e. The third-order valence-corrected chi connectivity index (χ3v) is 5.07. The summed E-state index contributed by atoms with van der Waals surface area (Å²) in [5, 5.41) is 27.6. The van der Waals surface area contributed by atoms with E-state index in [1.54, 1.807) is 0 Å². The van der Waals surface area contributed by atoms with Crippen LogP contribution in [0, 0.1) is 5.82 Å². The first-order valence-electron chi connectivity index (χ1n) is 7.78. The van der Waals surface area contributed by atoms with E-state index in [9.17, 15) is 34.1 Å². The molecule has 28 heavy (non-hydrogen) atoms. The minimum atomic E-state index is -1.48. The molecule has 0 bridgehead atoms. The van der Waals surface area contributed by atoms with Gasteiger partial charge in [-0.1, -0.05) is 11.8 Å². The van der Waals surface area contributed by atoms with Gasteiger partial charge in [-0.15, -0.1) is 0 Å². The van der Waals surface area contributed by atoms with Crippen LogP contribution in [-0.2, 0) is 0 Å². The van der Waals surface area contributed by atoms with Crippen molar-refractivity contribution in [3.8, 4) is 17.2 Å². The summed E-state index contributed by atoms with van der Waals surface area (Å²) in [4.78, 5) is 35.2. The Morgan fingerprint density at radius 2 is 1.93 bits per heavy atom. The maximum atomic E-state index is 14.6. The van der Waals surface area contributed by atoms with Gasteiger partial charge in [-0.05, 0) is 24.3 Å². The fourth-order valence-corrected chi connectivity index (χ4v) is 3.68. The zero-order chi connectivity index (χ0) is 20.2. The number of aliphatic hydroxyl groups is 1. The van der Waals surface area contributed by atoms with Gasteiger partial charge in [0.25, 0.3) is 0 Å². The number of pyridine rings is 1. The predicted molar refractivity (Wildman–Crippen MR) is 96.4 cm³/mol. The summed E-state index contributed by atoms with van der Waals surface area (Å²) in [5.41, 5.74) is -1.13. The number of fused-ring (bicyclic) bond motifs is 2. The van der Waals surface area contributed by atoms with Gasteiger partial charge >= 0.3 is 11.9 Å². The van der Waals surface area contributed by atoms with Crippen LogP contribution < -0.4 is 10.2 Å². The summed E-state index contributed by atoms with van der Waals surface area (Å²) >= 11 is 0.720. The minimum Gasteiger partial charge on any atom is -0.478 e. The minimum absolute atomic E-state index is 0.0408. The smallest absolute Gasteiger partial charge is 0.341 e. The van der Waals surface area contributed by atoms with Crippen molar-refractivity contribution in [2.75, 3.05) is 5.94 Å². The number of hydrogen-bond donors (Lipinski definition) is 3. The van der Waals surface area contributed by atoms with Crippen LogP contribution in [-0.4, -0.2) is 37.8 Å². The molecule has 0 fully saturated rings. The molecule has 0 saturated heterocycles. The van der Waals surface area contributed by atoms with Gasteiger partial charge in [0.15, 0.2) is 11.5 Å². The lowest BCUT2D eigenvalue weighted by molar-refractivity contribution is 0.0685. The summed E-state index contributed by atoms with van der Waals surface area (Å²) < 4.78 is 21.7. The summed E-state index contributed by atoms with van der Waals surface area (Å²) in [5.74, 6) is -4.10. The number of ether oxygens (including phenoxy) is 1. The summed E-state index contributed by atoms with van der Waals surface area (Å²) in [6.07, 6.45) is 1.09. The van der Waals surface area contributed by atoms with Gasteiger partial charge in [-0.25, -0.2) is 14.0 Å². The van der Waals surface area contributed by atoms with Crippen molar-refractivity contribution in [1.82, 2.24) is 4.57 Å². The van der Waals surface area contributed by atoms with E-state index in [0.29, 0.717) is 0 Å². The highest BCUT2D eigenvalue weighted by Crippen LogP contribution is 2.46. The largest absolute Gasteiger partial charge is 0.478 e. The number of carboxylic acid groups (broad SMARTS) is 2. The number of benzene rings is 2. The first-order chi connectivity index (χ1) is 13.3. The standard InChI is InChI=1S/C18H10FNO7S/c19-10-4-8-13-15(16(10)28-6-21)27-12-3-7(17(23)24)1-2-11(12)20(13)5-9(14(8)22)18(25)26/h1-5,21H,6H2,(H,23,24)(H,25,26). The van der Waals surface area contributed by atoms with Gasteiger partial charge in [-0.3, -0.25) is 4.79 Å². The van der Waals surface area contributed by atoms with Crippen LogP contribution in [0.1, 0.15) is 20.7 Å². The molecule has 1 aliphatic heterocycles. The van der Waals surface area contributed by atoms with Crippen molar-refractivity contribution in [2.24, 2.45) is 0 Å². The van der Waals surface area contributed by atoms with Gasteiger partial charge in [0.1, 0.15) is 16.9 Å². The van der Waals surface area contributed by atoms with Gasteiger partial charge in [0.05, 0.1) is 27.5 Å². The number of rotatable bonds is 4. The van der Waals surface area contributed by atoms with Crippen LogP contribution in [0.25, 0.3) is 16.6 Å². The highest BCUT2D eigenvalue weighted by Gasteiger charge is 2.29. The Balaban J connectivity index is 2.17. The van der Waals surface area contributed by atoms with Crippen molar-refractivity contribution >= 4 is 34.6 Å². The fraction of sp³-hybridized carbons (Fsp3) is 0.0556. The van der Waals surface area contributed by atoms with Crippen molar-refractivity contribution in [3.05, 3.63) is 57.6 Å². The van der Waals surface area contributed by atoms with E-state index in [4.69, 9.17) is 4.74 Å². The molecule has 10 heteroatoms. The van der Waals surface area contributed by atoms with E-state index in [1.807, 2.05) is 0 Å².